The van der Waals surface area contributed by atoms with E-state index in [-0.39, 0.29) is 23.7 Å². The lowest BCUT2D eigenvalue weighted by atomic mass is 10.0. The van der Waals surface area contributed by atoms with E-state index in [0.29, 0.717) is 13.1 Å². The summed E-state index contributed by atoms with van der Waals surface area (Å²) in [5.74, 6) is 0.325. The Balaban J connectivity index is 2.16. The van der Waals surface area contributed by atoms with Gasteiger partial charge in [0.05, 0.1) is 5.92 Å². The molecule has 0 radical (unpaired) electrons. The molecule has 1 heterocycles. The Morgan fingerprint density at radius 3 is 2.50 bits per heavy atom. The fourth-order valence-corrected chi connectivity index (χ4v) is 1.44. The number of nitrogens with one attached hydrogen (secondary N) is 2. The highest BCUT2D eigenvalue weighted by atomic mass is 16.2. The van der Waals surface area contributed by atoms with Gasteiger partial charge in [-0.25, -0.2) is 0 Å². The van der Waals surface area contributed by atoms with Crippen LogP contribution in [0.15, 0.2) is 0 Å². The molecule has 5 nitrogen and oxygen atoms in total. The molecule has 1 aliphatic rings. The average molecular weight is 227 g/mol. The van der Waals surface area contributed by atoms with Crippen molar-refractivity contribution < 1.29 is 9.59 Å². The lowest BCUT2D eigenvalue weighted by molar-refractivity contribution is -0.136. The summed E-state index contributed by atoms with van der Waals surface area (Å²) in [4.78, 5) is 24.7. The van der Waals surface area contributed by atoms with Gasteiger partial charge >= 0.3 is 0 Å². The smallest absolute Gasteiger partial charge is 0.228 e. The zero-order chi connectivity index (χ0) is 12.1. The second-order valence-electron chi connectivity index (χ2n) is 4.56. The van der Waals surface area contributed by atoms with Crippen molar-refractivity contribution in [3.63, 3.8) is 0 Å². The van der Waals surface area contributed by atoms with E-state index in [1.807, 2.05) is 13.8 Å². The van der Waals surface area contributed by atoms with Crippen molar-refractivity contribution in [3.8, 4) is 0 Å². The van der Waals surface area contributed by atoms with E-state index in [9.17, 15) is 9.59 Å². The van der Waals surface area contributed by atoms with Gasteiger partial charge in [0.1, 0.15) is 0 Å². The SMILES string of the molecule is CC(C)C(=O)NCCN(C)C(=O)C1CNC1. The van der Waals surface area contributed by atoms with Crippen molar-refractivity contribution in [2.45, 2.75) is 13.8 Å². The molecule has 0 unspecified atom stereocenters. The first-order chi connectivity index (χ1) is 7.52. The van der Waals surface area contributed by atoms with Crippen molar-refractivity contribution in [3.05, 3.63) is 0 Å². The van der Waals surface area contributed by atoms with Crippen LogP contribution in [0.5, 0.6) is 0 Å². The molecule has 92 valence electrons. The predicted octanol–water partition coefficient (Wildman–Crippen LogP) is -0.564. The quantitative estimate of drug-likeness (QED) is 0.661. The van der Waals surface area contributed by atoms with Crippen LogP contribution in [0, 0.1) is 11.8 Å². The molecule has 5 heteroatoms. The molecule has 1 aliphatic heterocycles. The maximum absolute atomic E-state index is 11.7. The number of rotatable bonds is 5. The van der Waals surface area contributed by atoms with E-state index in [1.54, 1.807) is 11.9 Å². The Bertz CT molecular complexity index is 262. The van der Waals surface area contributed by atoms with Gasteiger partial charge in [0.15, 0.2) is 0 Å². The fraction of sp³-hybridized carbons (Fsp3) is 0.818. The van der Waals surface area contributed by atoms with Gasteiger partial charge in [-0.2, -0.15) is 0 Å². The second kappa shape index (κ2) is 5.84. The largest absolute Gasteiger partial charge is 0.354 e. The molecule has 1 rings (SSSR count). The summed E-state index contributed by atoms with van der Waals surface area (Å²) in [6.45, 7) is 6.37. The van der Waals surface area contributed by atoms with Gasteiger partial charge in [0, 0.05) is 39.1 Å². The molecule has 0 atom stereocenters. The Kier molecular flexibility index (Phi) is 4.73. The zero-order valence-electron chi connectivity index (χ0n) is 10.2. The number of amides is 2. The molecule has 2 amide bonds. The molecule has 2 N–H and O–H groups in total. The molecular formula is C11H21N3O2. The van der Waals surface area contributed by atoms with Crippen molar-refractivity contribution in [1.29, 1.82) is 0 Å². The van der Waals surface area contributed by atoms with Crippen LogP contribution in [-0.2, 0) is 9.59 Å². The highest BCUT2D eigenvalue weighted by Gasteiger charge is 2.27. The Labute approximate surface area is 96.6 Å². The van der Waals surface area contributed by atoms with Crippen molar-refractivity contribution >= 4 is 11.8 Å². The second-order valence-corrected chi connectivity index (χ2v) is 4.56. The number of hydrogen-bond donors (Lipinski definition) is 2. The van der Waals surface area contributed by atoms with Crippen LogP contribution < -0.4 is 10.6 Å². The number of carbonyl (C=O) groups excluding carboxylic acids is 2. The first kappa shape index (κ1) is 13.0. The van der Waals surface area contributed by atoms with Crippen LogP contribution in [0.4, 0.5) is 0 Å². The average Bonchev–Trinajstić information content (AvgIpc) is 2.14. The van der Waals surface area contributed by atoms with E-state index in [4.69, 9.17) is 0 Å². The zero-order valence-corrected chi connectivity index (χ0v) is 10.2. The van der Waals surface area contributed by atoms with Gasteiger partial charge in [-0.3, -0.25) is 9.59 Å². The number of carbonyl (C=O) groups is 2. The maximum Gasteiger partial charge on any atom is 0.228 e. The third kappa shape index (κ3) is 3.48. The lowest BCUT2D eigenvalue weighted by Crippen LogP contribution is -2.52. The van der Waals surface area contributed by atoms with Crippen LogP contribution in [-0.4, -0.2) is 49.9 Å². The van der Waals surface area contributed by atoms with Gasteiger partial charge in [-0.1, -0.05) is 13.8 Å². The van der Waals surface area contributed by atoms with E-state index in [1.165, 1.54) is 0 Å². The standard InChI is InChI=1S/C11H21N3O2/c1-8(2)10(15)13-4-5-14(3)11(16)9-6-12-7-9/h8-9,12H,4-7H2,1-3H3,(H,13,15). The number of likely N-dealkylation sites (N-methyl/N-ethyl adjacent to an activating group) is 1. The minimum absolute atomic E-state index is 0.00293. The first-order valence-electron chi connectivity index (χ1n) is 5.75. The van der Waals surface area contributed by atoms with Gasteiger partial charge in [0.2, 0.25) is 11.8 Å². The minimum Gasteiger partial charge on any atom is -0.354 e. The summed E-state index contributed by atoms with van der Waals surface area (Å²) < 4.78 is 0. The summed E-state index contributed by atoms with van der Waals surface area (Å²) in [6, 6.07) is 0. The van der Waals surface area contributed by atoms with Gasteiger partial charge in [0.25, 0.3) is 0 Å². The first-order valence-corrected chi connectivity index (χ1v) is 5.75. The summed E-state index contributed by atoms with van der Waals surface area (Å²) >= 11 is 0. The van der Waals surface area contributed by atoms with Crippen LogP contribution >= 0.6 is 0 Å². The van der Waals surface area contributed by atoms with Crippen LogP contribution in [0.25, 0.3) is 0 Å². The van der Waals surface area contributed by atoms with Gasteiger partial charge in [-0.05, 0) is 0 Å². The van der Waals surface area contributed by atoms with Crippen molar-refractivity contribution in [1.82, 2.24) is 15.5 Å². The summed E-state index contributed by atoms with van der Waals surface area (Å²) in [5, 5.41) is 5.86. The van der Waals surface area contributed by atoms with E-state index in [2.05, 4.69) is 10.6 Å². The Morgan fingerprint density at radius 1 is 1.44 bits per heavy atom. The van der Waals surface area contributed by atoms with Crippen molar-refractivity contribution in [2.24, 2.45) is 11.8 Å². The molecule has 0 bridgehead atoms. The minimum atomic E-state index is -0.00293. The van der Waals surface area contributed by atoms with Gasteiger partial charge < -0.3 is 15.5 Å². The summed E-state index contributed by atoms with van der Waals surface area (Å²) in [6.07, 6.45) is 0. The molecule has 0 aromatic carbocycles. The summed E-state index contributed by atoms with van der Waals surface area (Å²) in [7, 11) is 1.78. The lowest BCUT2D eigenvalue weighted by Gasteiger charge is -2.30. The highest BCUT2D eigenvalue weighted by Crippen LogP contribution is 2.06. The van der Waals surface area contributed by atoms with E-state index >= 15 is 0 Å². The fourth-order valence-electron chi connectivity index (χ4n) is 1.44. The predicted molar refractivity (Wildman–Crippen MR) is 61.8 cm³/mol. The Morgan fingerprint density at radius 2 is 2.06 bits per heavy atom. The third-order valence-corrected chi connectivity index (χ3v) is 2.78. The molecule has 1 saturated heterocycles. The maximum atomic E-state index is 11.7. The normalized spacial score (nSPS) is 15.8. The number of nitrogens with zero attached hydrogens (tertiary/aromatic N) is 1. The number of hydrogen-bond acceptors (Lipinski definition) is 3. The molecule has 0 saturated carbocycles. The third-order valence-electron chi connectivity index (χ3n) is 2.78. The van der Waals surface area contributed by atoms with Gasteiger partial charge in [-0.15, -0.1) is 0 Å². The topological polar surface area (TPSA) is 61.4 Å². The molecule has 0 aromatic heterocycles. The monoisotopic (exact) mass is 227 g/mol. The molecule has 0 aromatic rings. The van der Waals surface area contributed by atoms with Crippen LogP contribution in [0.2, 0.25) is 0 Å². The molecule has 16 heavy (non-hydrogen) atoms. The molecule has 0 aliphatic carbocycles. The van der Waals surface area contributed by atoms with Crippen LogP contribution in [0.3, 0.4) is 0 Å². The highest BCUT2D eigenvalue weighted by molar-refractivity contribution is 5.80. The summed E-state index contributed by atoms with van der Waals surface area (Å²) in [5.41, 5.74) is 0. The molecule has 1 fully saturated rings. The van der Waals surface area contributed by atoms with E-state index in [0.717, 1.165) is 13.1 Å². The molecule has 0 spiro atoms. The Hall–Kier alpha value is -1.10. The van der Waals surface area contributed by atoms with E-state index < -0.39 is 0 Å². The van der Waals surface area contributed by atoms with Crippen molar-refractivity contribution in [2.75, 3.05) is 33.2 Å². The molecular weight excluding hydrogens is 206 g/mol. The van der Waals surface area contributed by atoms with Crippen LogP contribution in [0.1, 0.15) is 13.8 Å².